The average molecular weight is 581 g/mol. The van der Waals surface area contributed by atoms with E-state index in [0.717, 1.165) is 17.7 Å². The Labute approximate surface area is 235 Å². The molecule has 1 fully saturated rings. The first-order valence-corrected chi connectivity index (χ1v) is 13.2. The lowest BCUT2D eigenvalue weighted by molar-refractivity contribution is -0.137. The minimum absolute atomic E-state index is 0.0267. The summed E-state index contributed by atoms with van der Waals surface area (Å²) in [5.74, 6) is 0.194. The second-order valence-corrected chi connectivity index (χ2v) is 11.1. The highest BCUT2D eigenvalue weighted by atomic mass is 19.4. The number of hydrogen-bond donors (Lipinski definition) is 0. The lowest BCUT2D eigenvalue weighted by Gasteiger charge is -2.30. The molecule has 0 unspecified atom stereocenters. The van der Waals surface area contributed by atoms with Crippen LogP contribution >= 0.6 is 0 Å². The molecule has 1 saturated heterocycles. The number of hydrogen-bond acceptors (Lipinski definition) is 6. The van der Waals surface area contributed by atoms with Gasteiger partial charge in [0.05, 0.1) is 17.8 Å². The van der Waals surface area contributed by atoms with Crippen LogP contribution in [0.3, 0.4) is 0 Å². The molecule has 0 saturated carbocycles. The van der Waals surface area contributed by atoms with Gasteiger partial charge in [0.2, 0.25) is 5.95 Å². The zero-order chi connectivity index (χ0) is 30.1. The van der Waals surface area contributed by atoms with Gasteiger partial charge in [0.25, 0.3) is 6.43 Å². The normalized spacial score (nSPS) is 17.8. The standard InChI is InChI=1S/C28H33F5N6O2/c1-6-22-10-23(16-39(22)26(40)41-27(2,3)4)38(25-34-11-19(12-35-25)20-13-36-37(5)15-20)14-17-7-18(24(29)30)9-21(8-17)28(31,32)33/h7-9,11-13,15,22-24H,6,10,14,16H2,1-5H3/t22-,23+/m1/s1. The molecule has 0 radical (unpaired) electrons. The molecule has 0 aliphatic carbocycles. The predicted octanol–water partition coefficient (Wildman–Crippen LogP) is 6.63. The van der Waals surface area contributed by atoms with Gasteiger partial charge in [-0.3, -0.25) is 4.68 Å². The van der Waals surface area contributed by atoms with Crippen molar-refractivity contribution in [3.05, 3.63) is 59.7 Å². The Hall–Kier alpha value is -3.77. The first kappa shape index (κ1) is 30.2. The van der Waals surface area contributed by atoms with Crippen molar-refractivity contribution in [1.29, 1.82) is 0 Å². The van der Waals surface area contributed by atoms with E-state index in [1.807, 2.05) is 6.92 Å². The van der Waals surface area contributed by atoms with Gasteiger partial charge in [0.15, 0.2) is 0 Å². The minimum Gasteiger partial charge on any atom is -0.444 e. The van der Waals surface area contributed by atoms with Crippen LogP contribution in [0.25, 0.3) is 11.1 Å². The summed E-state index contributed by atoms with van der Waals surface area (Å²) in [4.78, 5) is 25.3. The van der Waals surface area contributed by atoms with E-state index < -0.39 is 41.5 Å². The Kier molecular flexibility index (Phi) is 8.55. The molecule has 1 aliphatic rings. The number of nitrogens with zero attached hydrogens (tertiary/aromatic N) is 6. The zero-order valence-electron chi connectivity index (χ0n) is 23.5. The topological polar surface area (TPSA) is 76.4 Å². The largest absolute Gasteiger partial charge is 0.444 e. The van der Waals surface area contributed by atoms with Gasteiger partial charge in [-0.25, -0.2) is 23.5 Å². The van der Waals surface area contributed by atoms with Crippen LogP contribution in [0.1, 0.15) is 63.7 Å². The minimum atomic E-state index is -4.81. The van der Waals surface area contributed by atoms with Crippen LogP contribution in [0.15, 0.2) is 43.0 Å². The number of carbonyl (C=O) groups excluding carboxylic acids is 1. The van der Waals surface area contributed by atoms with Gasteiger partial charge in [-0.15, -0.1) is 0 Å². The third kappa shape index (κ3) is 7.31. The van der Waals surface area contributed by atoms with E-state index in [0.29, 0.717) is 24.5 Å². The molecule has 1 amide bonds. The third-order valence-corrected chi connectivity index (χ3v) is 6.81. The molecule has 3 heterocycles. The Balaban J connectivity index is 1.72. The van der Waals surface area contributed by atoms with Crippen molar-refractivity contribution in [2.75, 3.05) is 11.4 Å². The summed E-state index contributed by atoms with van der Waals surface area (Å²) in [6.07, 6.45) is -0.745. The number of alkyl halides is 5. The maximum absolute atomic E-state index is 13.6. The number of amides is 1. The molecule has 13 heteroatoms. The summed E-state index contributed by atoms with van der Waals surface area (Å²) in [6.45, 7) is 7.23. The van der Waals surface area contributed by atoms with Gasteiger partial charge in [0.1, 0.15) is 5.60 Å². The van der Waals surface area contributed by atoms with Crippen molar-refractivity contribution >= 4 is 12.0 Å². The summed E-state index contributed by atoms with van der Waals surface area (Å²) < 4.78 is 75.2. The Morgan fingerprint density at radius 3 is 2.32 bits per heavy atom. The van der Waals surface area contributed by atoms with E-state index in [9.17, 15) is 26.7 Å². The fraction of sp³-hybridized carbons (Fsp3) is 0.500. The van der Waals surface area contributed by atoms with Crippen molar-refractivity contribution in [1.82, 2.24) is 24.6 Å². The maximum atomic E-state index is 13.6. The second kappa shape index (κ2) is 11.6. The van der Waals surface area contributed by atoms with E-state index in [-0.39, 0.29) is 30.6 Å². The molecule has 41 heavy (non-hydrogen) atoms. The van der Waals surface area contributed by atoms with Crippen LogP contribution < -0.4 is 4.90 Å². The highest BCUT2D eigenvalue weighted by Crippen LogP contribution is 2.35. The van der Waals surface area contributed by atoms with Crippen molar-refractivity contribution in [2.24, 2.45) is 7.05 Å². The number of benzene rings is 1. The number of anilines is 1. The van der Waals surface area contributed by atoms with Crippen molar-refractivity contribution in [2.45, 2.75) is 77.4 Å². The first-order chi connectivity index (χ1) is 19.1. The summed E-state index contributed by atoms with van der Waals surface area (Å²) >= 11 is 0. The van der Waals surface area contributed by atoms with E-state index in [4.69, 9.17) is 4.74 Å². The lowest BCUT2D eigenvalue weighted by atomic mass is 10.0. The maximum Gasteiger partial charge on any atom is 0.416 e. The summed E-state index contributed by atoms with van der Waals surface area (Å²) in [5, 5.41) is 4.14. The van der Waals surface area contributed by atoms with Gasteiger partial charge in [-0.05, 0) is 57.4 Å². The molecule has 0 bridgehead atoms. The van der Waals surface area contributed by atoms with Crippen LogP contribution in [-0.4, -0.2) is 55.0 Å². The van der Waals surface area contributed by atoms with Crippen LogP contribution in [0, 0.1) is 0 Å². The number of rotatable bonds is 7. The van der Waals surface area contributed by atoms with Crippen LogP contribution in [0.4, 0.5) is 32.7 Å². The van der Waals surface area contributed by atoms with Crippen molar-refractivity contribution in [3.63, 3.8) is 0 Å². The van der Waals surface area contributed by atoms with E-state index in [2.05, 4.69) is 15.1 Å². The molecule has 0 spiro atoms. The third-order valence-electron chi connectivity index (χ3n) is 6.81. The number of likely N-dealkylation sites (tertiary alicyclic amines) is 1. The molecule has 3 aromatic rings. The van der Waals surface area contributed by atoms with Crippen molar-refractivity contribution in [3.8, 4) is 11.1 Å². The van der Waals surface area contributed by atoms with Gasteiger partial charge in [0, 0.05) is 61.5 Å². The number of aryl methyl sites for hydroxylation is 1. The monoisotopic (exact) mass is 580 g/mol. The predicted molar refractivity (Wildman–Crippen MR) is 142 cm³/mol. The molecular weight excluding hydrogens is 547 g/mol. The molecule has 1 aromatic carbocycles. The van der Waals surface area contributed by atoms with Gasteiger partial charge < -0.3 is 14.5 Å². The van der Waals surface area contributed by atoms with Gasteiger partial charge >= 0.3 is 12.3 Å². The Bertz CT molecular complexity index is 1350. The van der Waals surface area contributed by atoms with E-state index in [1.54, 1.807) is 67.1 Å². The number of carbonyl (C=O) groups is 1. The fourth-order valence-electron chi connectivity index (χ4n) is 4.90. The lowest BCUT2D eigenvalue weighted by Crippen LogP contribution is -2.42. The highest BCUT2D eigenvalue weighted by molar-refractivity contribution is 5.69. The molecule has 2 atom stereocenters. The van der Waals surface area contributed by atoms with E-state index in [1.165, 1.54) is 0 Å². The number of ether oxygens (including phenoxy) is 1. The molecule has 4 rings (SSSR count). The van der Waals surface area contributed by atoms with Gasteiger partial charge in [-0.2, -0.15) is 18.3 Å². The summed E-state index contributed by atoms with van der Waals surface area (Å²) in [5.41, 5.74) is -1.13. The Morgan fingerprint density at radius 1 is 1.10 bits per heavy atom. The fourth-order valence-corrected chi connectivity index (χ4v) is 4.90. The van der Waals surface area contributed by atoms with Crippen LogP contribution in [-0.2, 0) is 24.5 Å². The van der Waals surface area contributed by atoms with Crippen LogP contribution in [0.2, 0.25) is 0 Å². The molecule has 2 aromatic heterocycles. The summed E-state index contributed by atoms with van der Waals surface area (Å²) in [7, 11) is 1.77. The quantitative estimate of drug-likeness (QED) is 0.292. The average Bonchev–Trinajstić information content (AvgIpc) is 3.52. The van der Waals surface area contributed by atoms with Gasteiger partial charge in [-0.1, -0.05) is 6.92 Å². The smallest absolute Gasteiger partial charge is 0.416 e. The second-order valence-electron chi connectivity index (χ2n) is 11.1. The first-order valence-electron chi connectivity index (χ1n) is 13.2. The number of halogens is 5. The number of aromatic nitrogens is 4. The van der Waals surface area contributed by atoms with E-state index >= 15 is 0 Å². The molecule has 1 aliphatic heterocycles. The zero-order valence-corrected chi connectivity index (χ0v) is 23.5. The van der Waals surface area contributed by atoms with Crippen LogP contribution in [0.5, 0.6) is 0 Å². The molecule has 222 valence electrons. The SMILES string of the molecule is CC[C@@H]1C[C@H](N(Cc2cc(C(F)F)cc(C(F)(F)F)c2)c2ncc(-c3cnn(C)c3)cn2)CN1C(=O)OC(C)(C)C. The molecule has 0 N–H and O–H groups in total. The van der Waals surface area contributed by atoms with Crippen molar-refractivity contribution < 1.29 is 31.5 Å². The molecular formula is C28H33F5N6O2. The summed E-state index contributed by atoms with van der Waals surface area (Å²) in [6, 6.07) is 1.77. The molecule has 8 nitrogen and oxygen atoms in total. The Morgan fingerprint density at radius 2 is 1.78 bits per heavy atom. The highest BCUT2D eigenvalue weighted by Gasteiger charge is 2.40.